The van der Waals surface area contributed by atoms with E-state index in [1.807, 2.05) is 6.92 Å². The number of hydrogen-bond acceptors (Lipinski definition) is 5. The minimum Gasteiger partial charge on any atom is -0.330 e. The van der Waals surface area contributed by atoms with Gasteiger partial charge in [0.2, 0.25) is 0 Å². The fourth-order valence-electron chi connectivity index (χ4n) is 1.34. The van der Waals surface area contributed by atoms with Gasteiger partial charge in [-0.3, -0.25) is 0 Å². The van der Waals surface area contributed by atoms with Crippen LogP contribution in [0.3, 0.4) is 0 Å². The van der Waals surface area contributed by atoms with Gasteiger partial charge in [0, 0.05) is 23.6 Å². The summed E-state index contributed by atoms with van der Waals surface area (Å²) in [6.07, 6.45) is 1.71. The molecule has 0 fully saturated rings. The van der Waals surface area contributed by atoms with Crippen LogP contribution >= 0.6 is 22.7 Å². The number of nitrogens with two attached hydrogens (primary N) is 1. The molecule has 15 heavy (non-hydrogen) atoms. The predicted octanol–water partition coefficient (Wildman–Crippen LogP) is 2.00. The van der Waals surface area contributed by atoms with Crippen molar-refractivity contribution in [1.29, 1.82) is 0 Å². The number of aryl methyl sites for hydroxylation is 1. The topological polar surface area (TPSA) is 51.8 Å². The van der Waals surface area contributed by atoms with Crippen molar-refractivity contribution in [2.75, 3.05) is 6.54 Å². The molecule has 0 aliphatic heterocycles. The maximum atomic E-state index is 5.48. The third-order valence-electron chi connectivity index (χ3n) is 2.00. The van der Waals surface area contributed by atoms with Crippen LogP contribution in [0.2, 0.25) is 0 Å². The molecule has 0 aliphatic carbocycles. The van der Waals surface area contributed by atoms with Crippen LogP contribution in [0.25, 0.3) is 0 Å². The zero-order chi connectivity index (χ0) is 10.7. The van der Waals surface area contributed by atoms with Gasteiger partial charge in [0.1, 0.15) is 0 Å². The van der Waals surface area contributed by atoms with E-state index in [4.69, 9.17) is 5.73 Å². The summed E-state index contributed by atoms with van der Waals surface area (Å²) < 4.78 is 0. The van der Waals surface area contributed by atoms with E-state index in [1.165, 1.54) is 0 Å². The number of thiazole rings is 2. The van der Waals surface area contributed by atoms with E-state index in [1.54, 1.807) is 22.7 Å². The highest BCUT2D eigenvalue weighted by Crippen LogP contribution is 2.16. The van der Waals surface area contributed by atoms with Gasteiger partial charge in [0.25, 0.3) is 0 Å². The van der Waals surface area contributed by atoms with Gasteiger partial charge < -0.3 is 5.73 Å². The second-order valence-electron chi connectivity index (χ2n) is 3.31. The molecule has 2 rings (SSSR count). The molecule has 3 nitrogen and oxygen atoms in total. The largest absolute Gasteiger partial charge is 0.330 e. The molecule has 0 radical (unpaired) electrons. The average molecular weight is 239 g/mol. The number of hydrogen-bond donors (Lipinski definition) is 1. The van der Waals surface area contributed by atoms with E-state index in [0.29, 0.717) is 6.54 Å². The first kappa shape index (κ1) is 10.7. The van der Waals surface area contributed by atoms with E-state index in [0.717, 1.165) is 34.2 Å². The first-order valence-corrected chi connectivity index (χ1v) is 6.58. The predicted molar refractivity (Wildman–Crippen MR) is 64.5 cm³/mol. The molecule has 2 N–H and O–H groups in total. The Hall–Kier alpha value is -0.780. The summed E-state index contributed by atoms with van der Waals surface area (Å²) in [7, 11) is 0. The molecule has 5 heteroatoms. The van der Waals surface area contributed by atoms with Gasteiger partial charge in [-0.15, -0.1) is 22.7 Å². The summed E-state index contributed by atoms with van der Waals surface area (Å²) in [5, 5.41) is 6.42. The van der Waals surface area contributed by atoms with Crippen LogP contribution in [-0.4, -0.2) is 16.5 Å². The quantitative estimate of drug-likeness (QED) is 0.888. The molecule has 80 valence electrons. The lowest BCUT2D eigenvalue weighted by atomic mass is 10.3. The van der Waals surface area contributed by atoms with Crippen molar-refractivity contribution in [3.8, 4) is 0 Å². The third kappa shape index (κ3) is 2.84. The molecule has 0 bridgehead atoms. The minimum absolute atomic E-state index is 0.666. The van der Waals surface area contributed by atoms with E-state index in [9.17, 15) is 0 Å². The highest BCUT2D eigenvalue weighted by atomic mass is 32.1. The maximum absolute atomic E-state index is 5.48. The Morgan fingerprint density at radius 3 is 2.67 bits per heavy atom. The van der Waals surface area contributed by atoms with Crippen LogP contribution < -0.4 is 5.73 Å². The van der Waals surface area contributed by atoms with E-state index in [2.05, 4.69) is 20.7 Å². The van der Waals surface area contributed by atoms with E-state index < -0.39 is 0 Å². The van der Waals surface area contributed by atoms with Gasteiger partial charge in [-0.05, 0) is 13.5 Å². The van der Waals surface area contributed by atoms with Crippen molar-refractivity contribution in [1.82, 2.24) is 9.97 Å². The molecule has 0 spiro atoms. The van der Waals surface area contributed by atoms with Crippen LogP contribution in [0.15, 0.2) is 10.8 Å². The lowest BCUT2D eigenvalue weighted by Gasteiger charge is -1.91. The summed E-state index contributed by atoms with van der Waals surface area (Å²) in [6, 6.07) is 0. The zero-order valence-corrected chi connectivity index (χ0v) is 10.2. The molecular weight excluding hydrogens is 226 g/mol. The number of nitrogens with zero attached hydrogens (tertiary/aromatic N) is 2. The normalized spacial score (nSPS) is 10.8. The van der Waals surface area contributed by atoms with Crippen molar-refractivity contribution < 1.29 is 0 Å². The molecular formula is C10H13N3S2. The number of rotatable bonds is 4. The standard InChI is InChI=1S/C10H13N3S2/c1-7-12-9(6-14-7)4-10-13-8(2-3-11)5-15-10/h5-6H,2-4,11H2,1H3. The minimum atomic E-state index is 0.666. The summed E-state index contributed by atoms with van der Waals surface area (Å²) in [4.78, 5) is 8.93. The summed E-state index contributed by atoms with van der Waals surface area (Å²) >= 11 is 3.38. The Morgan fingerprint density at radius 2 is 2.00 bits per heavy atom. The van der Waals surface area contributed by atoms with Crippen molar-refractivity contribution in [3.63, 3.8) is 0 Å². The molecule has 0 aliphatic rings. The molecule has 0 amide bonds. The fourth-order valence-corrected chi connectivity index (χ4v) is 2.79. The van der Waals surface area contributed by atoms with Crippen molar-refractivity contribution >= 4 is 22.7 Å². The molecule has 2 aromatic heterocycles. The Kier molecular flexibility index (Phi) is 3.45. The molecule has 0 saturated heterocycles. The van der Waals surface area contributed by atoms with Crippen molar-refractivity contribution in [2.24, 2.45) is 5.73 Å². The first-order valence-electron chi connectivity index (χ1n) is 4.82. The Balaban J connectivity index is 2.04. The first-order chi connectivity index (χ1) is 7.28. The maximum Gasteiger partial charge on any atom is 0.0988 e. The van der Waals surface area contributed by atoms with Crippen LogP contribution in [-0.2, 0) is 12.8 Å². The monoisotopic (exact) mass is 239 g/mol. The van der Waals surface area contributed by atoms with Gasteiger partial charge in [-0.25, -0.2) is 9.97 Å². The van der Waals surface area contributed by atoms with Crippen LogP contribution in [0.1, 0.15) is 21.4 Å². The molecule has 2 heterocycles. The average Bonchev–Trinajstić information content (AvgIpc) is 2.78. The highest BCUT2D eigenvalue weighted by Gasteiger charge is 2.05. The Bertz CT molecular complexity index is 433. The van der Waals surface area contributed by atoms with E-state index in [-0.39, 0.29) is 0 Å². The van der Waals surface area contributed by atoms with Crippen molar-refractivity contribution in [3.05, 3.63) is 32.2 Å². The molecule has 0 aromatic carbocycles. The molecule has 0 unspecified atom stereocenters. The Morgan fingerprint density at radius 1 is 1.20 bits per heavy atom. The lowest BCUT2D eigenvalue weighted by molar-refractivity contribution is 0.919. The third-order valence-corrected chi connectivity index (χ3v) is 3.72. The Labute approximate surface area is 97.0 Å². The molecule has 0 atom stereocenters. The number of aromatic nitrogens is 2. The smallest absolute Gasteiger partial charge is 0.0988 e. The van der Waals surface area contributed by atoms with Crippen LogP contribution in [0.5, 0.6) is 0 Å². The fraction of sp³-hybridized carbons (Fsp3) is 0.400. The second-order valence-corrected chi connectivity index (χ2v) is 5.31. The molecule has 2 aromatic rings. The van der Waals surface area contributed by atoms with Crippen LogP contribution in [0.4, 0.5) is 0 Å². The van der Waals surface area contributed by atoms with Gasteiger partial charge in [-0.2, -0.15) is 0 Å². The highest BCUT2D eigenvalue weighted by molar-refractivity contribution is 7.10. The van der Waals surface area contributed by atoms with Gasteiger partial charge >= 0.3 is 0 Å². The van der Waals surface area contributed by atoms with Gasteiger partial charge in [0.15, 0.2) is 0 Å². The van der Waals surface area contributed by atoms with Gasteiger partial charge in [0.05, 0.1) is 21.4 Å². The lowest BCUT2D eigenvalue weighted by Crippen LogP contribution is -2.02. The SMILES string of the molecule is Cc1nc(Cc2nc(CCN)cs2)cs1. The molecule has 0 saturated carbocycles. The van der Waals surface area contributed by atoms with Crippen LogP contribution in [0, 0.1) is 6.92 Å². The van der Waals surface area contributed by atoms with E-state index >= 15 is 0 Å². The van der Waals surface area contributed by atoms with Gasteiger partial charge in [-0.1, -0.05) is 0 Å². The summed E-state index contributed by atoms with van der Waals surface area (Å²) in [5.41, 5.74) is 7.70. The summed E-state index contributed by atoms with van der Waals surface area (Å²) in [5.74, 6) is 0. The second kappa shape index (κ2) is 4.83. The van der Waals surface area contributed by atoms with Crippen molar-refractivity contribution in [2.45, 2.75) is 19.8 Å². The summed E-state index contributed by atoms with van der Waals surface area (Å²) in [6.45, 7) is 2.69. The zero-order valence-electron chi connectivity index (χ0n) is 8.56.